The first-order valence-electron chi connectivity index (χ1n) is 4.59. The normalized spacial score (nSPS) is 11.4. The molecular formula is C11H11N3O2. The summed E-state index contributed by atoms with van der Waals surface area (Å²) in [5.74, 6) is 0. The van der Waals surface area contributed by atoms with Gasteiger partial charge in [-0.2, -0.15) is 5.26 Å². The molecule has 0 aliphatic rings. The van der Waals surface area contributed by atoms with Crippen LogP contribution in [0.15, 0.2) is 34.6 Å². The molecule has 0 saturated heterocycles. The van der Waals surface area contributed by atoms with Gasteiger partial charge in [-0.05, 0) is 24.6 Å². The largest absolute Gasteiger partial charge is 0.411 e. The molecule has 1 rings (SSSR count). The zero-order valence-corrected chi connectivity index (χ0v) is 8.79. The Morgan fingerprint density at radius 1 is 1.62 bits per heavy atom. The molecule has 0 amide bonds. The van der Waals surface area contributed by atoms with Gasteiger partial charge in [-0.15, -0.1) is 0 Å². The summed E-state index contributed by atoms with van der Waals surface area (Å²) in [6.45, 7) is 1.86. The summed E-state index contributed by atoms with van der Waals surface area (Å²) in [6.07, 6.45) is 1.30. The Balaban J connectivity index is 2.49. The minimum absolute atomic E-state index is 0.269. The van der Waals surface area contributed by atoms with E-state index in [0.717, 1.165) is 5.56 Å². The fourth-order valence-corrected chi connectivity index (χ4v) is 0.982. The molecule has 0 heterocycles. The summed E-state index contributed by atoms with van der Waals surface area (Å²) < 4.78 is 0. The minimum Gasteiger partial charge on any atom is -0.411 e. The molecule has 1 aromatic rings. The van der Waals surface area contributed by atoms with Crippen molar-refractivity contribution in [2.75, 3.05) is 0 Å². The lowest BCUT2D eigenvalue weighted by molar-refractivity contribution is 0.132. The topological polar surface area (TPSA) is 78.0 Å². The first-order valence-corrected chi connectivity index (χ1v) is 4.59. The van der Waals surface area contributed by atoms with Gasteiger partial charge in [-0.25, -0.2) is 0 Å². The van der Waals surface area contributed by atoms with Gasteiger partial charge in [0.1, 0.15) is 6.61 Å². The van der Waals surface area contributed by atoms with E-state index < -0.39 is 0 Å². The predicted octanol–water partition coefficient (Wildman–Crippen LogP) is 1.91. The number of rotatable bonds is 4. The van der Waals surface area contributed by atoms with Gasteiger partial charge in [-0.3, -0.25) is 0 Å². The van der Waals surface area contributed by atoms with Crippen LogP contribution >= 0.6 is 0 Å². The number of oxime groups is 2. The van der Waals surface area contributed by atoms with Crippen molar-refractivity contribution in [2.45, 2.75) is 13.5 Å². The fourth-order valence-electron chi connectivity index (χ4n) is 0.982. The van der Waals surface area contributed by atoms with Crippen molar-refractivity contribution in [1.29, 1.82) is 5.26 Å². The summed E-state index contributed by atoms with van der Waals surface area (Å²) in [5.41, 5.74) is 1.79. The zero-order valence-electron chi connectivity index (χ0n) is 8.79. The molecule has 5 heteroatoms. The van der Waals surface area contributed by atoms with E-state index in [4.69, 9.17) is 15.3 Å². The van der Waals surface area contributed by atoms with E-state index in [1.54, 1.807) is 25.1 Å². The van der Waals surface area contributed by atoms with Crippen LogP contribution in [0.1, 0.15) is 18.1 Å². The molecule has 1 aromatic carbocycles. The van der Waals surface area contributed by atoms with Crippen molar-refractivity contribution >= 4 is 11.9 Å². The Labute approximate surface area is 93.3 Å². The lowest BCUT2D eigenvalue weighted by atomic mass is 10.1. The summed E-state index contributed by atoms with van der Waals surface area (Å²) >= 11 is 0. The molecule has 0 spiro atoms. The summed E-state index contributed by atoms with van der Waals surface area (Å²) in [5, 5.41) is 23.5. The lowest BCUT2D eigenvalue weighted by Gasteiger charge is -1.99. The third-order valence-electron chi connectivity index (χ3n) is 1.76. The van der Waals surface area contributed by atoms with Crippen LogP contribution in [0.3, 0.4) is 0 Å². The quantitative estimate of drug-likeness (QED) is 0.475. The van der Waals surface area contributed by atoms with Crippen LogP contribution in [0.4, 0.5) is 0 Å². The molecule has 0 fully saturated rings. The van der Waals surface area contributed by atoms with E-state index in [9.17, 15) is 0 Å². The molecule has 0 aliphatic carbocycles. The Bertz CT molecular complexity index is 447. The van der Waals surface area contributed by atoms with E-state index >= 15 is 0 Å². The van der Waals surface area contributed by atoms with Crippen LogP contribution in [0, 0.1) is 11.3 Å². The smallest absolute Gasteiger partial charge is 0.142 e. The number of benzene rings is 1. The van der Waals surface area contributed by atoms with Gasteiger partial charge < -0.3 is 10.0 Å². The van der Waals surface area contributed by atoms with Crippen molar-refractivity contribution in [3.05, 3.63) is 35.4 Å². The van der Waals surface area contributed by atoms with Gasteiger partial charge in [0.15, 0.2) is 0 Å². The van der Waals surface area contributed by atoms with Crippen LogP contribution in [0.5, 0.6) is 0 Å². The average Bonchev–Trinajstić information content (AvgIpc) is 2.34. The third-order valence-corrected chi connectivity index (χ3v) is 1.76. The standard InChI is InChI=1S/C11H11N3O2/c1-9(14-15)7-13-16-8-11-4-2-3-10(5-11)6-12/h2-5,7,15H,8H2,1H3/b13-7+,14-9+. The maximum atomic E-state index is 8.67. The molecular weight excluding hydrogens is 206 g/mol. The van der Waals surface area contributed by atoms with Crippen molar-refractivity contribution < 1.29 is 10.0 Å². The molecule has 82 valence electrons. The SMILES string of the molecule is CC(/C=N/OCc1cccc(C#N)c1)=N\O. The van der Waals surface area contributed by atoms with Crippen LogP contribution in [-0.4, -0.2) is 17.1 Å². The van der Waals surface area contributed by atoms with Crippen LogP contribution < -0.4 is 0 Å². The van der Waals surface area contributed by atoms with E-state index in [0.29, 0.717) is 11.3 Å². The Kier molecular flexibility index (Phi) is 4.54. The second kappa shape index (κ2) is 6.19. The summed E-state index contributed by atoms with van der Waals surface area (Å²) in [6, 6.07) is 9.10. The molecule has 0 unspecified atom stereocenters. The Hall–Kier alpha value is -2.35. The molecule has 0 aliphatic heterocycles. The lowest BCUT2D eigenvalue weighted by Crippen LogP contribution is -1.94. The van der Waals surface area contributed by atoms with E-state index in [1.807, 2.05) is 12.1 Å². The highest BCUT2D eigenvalue weighted by Crippen LogP contribution is 2.05. The number of nitrogens with zero attached hydrogens (tertiary/aromatic N) is 3. The monoisotopic (exact) mass is 217 g/mol. The van der Waals surface area contributed by atoms with Crippen LogP contribution in [-0.2, 0) is 11.4 Å². The molecule has 0 atom stereocenters. The van der Waals surface area contributed by atoms with Gasteiger partial charge >= 0.3 is 0 Å². The van der Waals surface area contributed by atoms with E-state index in [-0.39, 0.29) is 6.61 Å². The predicted molar refractivity (Wildman–Crippen MR) is 59.3 cm³/mol. The van der Waals surface area contributed by atoms with Crippen molar-refractivity contribution in [2.24, 2.45) is 10.3 Å². The average molecular weight is 217 g/mol. The molecule has 0 saturated carbocycles. The van der Waals surface area contributed by atoms with Gasteiger partial charge in [0.2, 0.25) is 0 Å². The van der Waals surface area contributed by atoms with Gasteiger partial charge in [0.25, 0.3) is 0 Å². The van der Waals surface area contributed by atoms with E-state index in [2.05, 4.69) is 10.3 Å². The number of nitriles is 1. The van der Waals surface area contributed by atoms with Crippen LogP contribution in [0.2, 0.25) is 0 Å². The molecule has 1 N–H and O–H groups in total. The van der Waals surface area contributed by atoms with Gasteiger partial charge in [0.05, 0.1) is 23.6 Å². The Morgan fingerprint density at radius 2 is 2.44 bits per heavy atom. The molecule has 0 bridgehead atoms. The van der Waals surface area contributed by atoms with Crippen LogP contribution in [0.25, 0.3) is 0 Å². The number of hydrogen-bond donors (Lipinski definition) is 1. The summed E-state index contributed by atoms with van der Waals surface area (Å²) in [4.78, 5) is 4.96. The highest BCUT2D eigenvalue weighted by molar-refractivity contribution is 6.29. The maximum Gasteiger partial charge on any atom is 0.142 e. The zero-order chi connectivity index (χ0) is 11.8. The highest BCUT2D eigenvalue weighted by atomic mass is 16.6. The third kappa shape index (κ3) is 3.80. The van der Waals surface area contributed by atoms with Crippen molar-refractivity contribution in [3.8, 4) is 6.07 Å². The Morgan fingerprint density at radius 3 is 3.12 bits per heavy atom. The first-order chi connectivity index (χ1) is 7.76. The minimum atomic E-state index is 0.269. The second-order valence-corrected chi connectivity index (χ2v) is 3.06. The van der Waals surface area contributed by atoms with Gasteiger partial charge in [-0.1, -0.05) is 22.4 Å². The highest BCUT2D eigenvalue weighted by Gasteiger charge is 1.94. The number of hydrogen-bond acceptors (Lipinski definition) is 5. The van der Waals surface area contributed by atoms with Crippen molar-refractivity contribution in [3.63, 3.8) is 0 Å². The van der Waals surface area contributed by atoms with Crippen molar-refractivity contribution in [1.82, 2.24) is 0 Å². The molecule has 5 nitrogen and oxygen atoms in total. The fraction of sp³-hybridized carbons (Fsp3) is 0.182. The second-order valence-electron chi connectivity index (χ2n) is 3.06. The molecule has 16 heavy (non-hydrogen) atoms. The van der Waals surface area contributed by atoms with Gasteiger partial charge in [0, 0.05) is 0 Å². The first kappa shape index (κ1) is 11.7. The van der Waals surface area contributed by atoms with E-state index in [1.165, 1.54) is 6.21 Å². The molecule has 0 radical (unpaired) electrons. The summed E-state index contributed by atoms with van der Waals surface area (Å²) in [7, 11) is 0. The molecule has 0 aromatic heterocycles. The maximum absolute atomic E-state index is 8.67.